The third-order valence-corrected chi connectivity index (χ3v) is 4.45. The summed E-state index contributed by atoms with van der Waals surface area (Å²) in [5, 5.41) is 9.97. The molecule has 3 rings (SSSR count). The summed E-state index contributed by atoms with van der Waals surface area (Å²) in [6.45, 7) is 0.590. The molecule has 0 saturated heterocycles. The van der Waals surface area contributed by atoms with Gasteiger partial charge < -0.3 is 5.32 Å². The van der Waals surface area contributed by atoms with Gasteiger partial charge in [-0.05, 0) is 28.5 Å². The van der Waals surface area contributed by atoms with E-state index in [1.165, 1.54) is 0 Å². The quantitative estimate of drug-likeness (QED) is 0.770. The van der Waals surface area contributed by atoms with Gasteiger partial charge in [-0.15, -0.1) is 11.3 Å². The van der Waals surface area contributed by atoms with Crippen molar-refractivity contribution in [2.45, 2.75) is 6.54 Å². The number of nitrogens with one attached hydrogen (secondary N) is 1. The molecule has 2 aromatic heterocycles. The second-order valence-corrected chi connectivity index (χ2v) is 5.65. The first-order valence-corrected chi connectivity index (χ1v) is 7.42. The van der Waals surface area contributed by atoms with Crippen molar-refractivity contribution in [2.24, 2.45) is 0 Å². The molecule has 90 valence electrons. The van der Waals surface area contributed by atoms with Gasteiger partial charge in [-0.2, -0.15) is 11.3 Å². The zero-order valence-corrected chi connectivity index (χ0v) is 11.2. The summed E-state index contributed by atoms with van der Waals surface area (Å²) in [7, 11) is 0. The normalized spacial score (nSPS) is 10.7. The highest BCUT2D eigenvalue weighted by atomic mass is 32.1. The van der Waals surface area contributed by atoms with E-state index in [0.29, 0.717) is 6.54 Å². The predicted octanol–water partition coefficient (Wildman–Crippen LogP) is 3.89. The summed E-state index contributed by atoms with van der Waals surface area (Å²) < 4.78 is 1.15. The highest BCUT2D eigenvalue weighted by Crippen LogP contribution is 2.25. The lowest BCUT2D eigenvalue weighted by Gasteiger charge is -2.02. The zero-order chi connectivity index (χ0) is 12.4. The number of hydrogen-bond acceptors (Lipinski definition) is 3. The van der Waals surface area contributed by atoms with E-state index in [4.69, 9.17) is 0 Å². The average Bonchev–Trinajstić information content (AvgIpc) is 3.05. The van der Waals surface area contributed by atoms with E-state index >= 15 is 0 Å². The third-order valence-electron chi connectivity index (χ3n) is 2.76. The highest BCUT2D eigenvalue weighted by molar-refractivity contribution is 7.17. The molecule has 1 amide bonds. The fraction of sp³-hybridized carbons (Fsp3) is 0.0714. The van der Waals surface area contributed by atoms with Crippen LogP contribution >= 0.6 is 22.7 Å². The van der Waals surface area contributed by atoms with Crippen molar-refractivity contribution in [3.63, 3.8) is 0 Å². The fourth-order valence-electron chi connectivity index (χ4n) is 1.82. The van der Waals surface area contributed by atoms with Crippen molar-refractivity contribution in [3.05, 3.63) is 57.6 Å². The van der Waals surface area contributed by atoms with Crippen LogP contribution < -0.4 is 5.32 Å². The lowest BCUT2D eigenvalue weighted by Crippen LogP contribution is -2.22. The summed E-state index contributed by atoms with van der Waals surface area (Å²) >= 11 is 3.25. The Kier molecular flexibility index (Phi) is 3.13. The Bertz CT molecular complexity index is 670. The molecule has 0 aliphatic rings. The van der Waals surface area contributed by atoms with Gasteiger partial charge in [0.25, 0.3) is 5.91 Å². The molecule has 0 aliphatic heterocycles. The molecular formula is C14H11NOS2. The molecule has 0 fully saturated rings. The largest absolute Gasteiger partial charge is 0.348 e. The molecule has 0 aliphatic carbocycles. The molecule has 0 saturated carbocycles. The predicted molar refractivity (Wildman–Crippen MR) is 77.3 cm³/mol. The maximum atomic E-state index is 12.1. The van der Waals surface area contributed by atoms with Gasteiger partial charge in [0, 0.05) is 22.0 Å². The molecule has 2 nitrogen and oxygen atoms in total. The van der Waals surface area contributed by atoms with Crippen LogP contribution in [0.1, 0.15) is 15.9 Å². The minimum absolute atomic E-state index is 0.00125. The number of fused-ring (bicyclic) bond motifs is 1. The van der Waals surface area contributed by atoms with Gasteiger partial charge in [-0.3, -0.25) is 4.79 Å². The second kappa shape index (κ2) is 4.92. The molecule has 2 heterocycles. The number of carbonyl (C=O) groups is 1. The van der Waals surface area contributed by atoms with Crippen LogP contribution in [0.2, 0.25) is 0 Å². The summed E-state index contributed by atoms with van der Waals surface area (Å²) in [6, 6.07) is 10.0. The minimum atomic E-state index is -0.00125. The maximum Gasteiger partial charge on any atom is 0.253 e. The number of thiophene rings is 2. The van der Waals surface area contributed by atoms with Crippen LogP contribution in [0.25, 0.3) is 10.1 Å². The van der Waals surface area contributed by atoms with Crippen molar-refractivity contribution < 1.29 is 4.79 Å². The zero-order valence-electron chi connectivity index (χ0n) is 9.55. The Morgan fingerprint density at radius 1 is 1.17 bits per heavy atom. The van der Waals surface area contributed by atoms with E-state index < -0.39 is 0 Å². The minimum Gasteiger partial charge on any atom is -0.348 e. The summed E-state index contributed by atoms with van der Waals surface area (Å²) in [4.78, 5) is 12.1. The van der Waals surface area contributed by atoms with Crippen LogP contribution in [0, 0.1) is 0 Å². The maximum absolute atomic E-state index is 12.1. The summed E-state index contributed by atoms with van der Waals surface area (Å²) in [5.74, 6) is -0.00125. The fourth-order valence-corrected chi connectivity index (χ4v) is 3.43. The van der Waals surface area contributed by atoms with Crippen LogP contribution in [-0.4, -0.2) is 5.91 Å². The van der Waals surface area contributed by atoms with Crippen LogP contribution in [0.5, 0.6) is 0 Å². The van der Waals surface area contributed by atoms with Gasteiger partial charge in [0.2, 0.25) is 0 Å². The van der Waals surface area contributed by atoms with Crippen molar-refractivity contribution in [3.8, 4) is 0 Å². The van der Waals surface area contributed by atoms with Crippen LogP contribution in [0.3, 0.4) is 0 Å². The van der Waals surface area contributed by atoms with E-state index in [-0.39, 0.29) is 5.91 Å². The standard InChI is InChI=1S/C14H11NOS2/c16-14(15-7-10-5-6-17-8-10)12-9-18-13-4-2-1-3-11(12)13/h1-6,8-9H,7H2,(H,15,16). The summed E-state index contributed by atoms with van der Waals surface area (Å²) in [6.07, 6.45) is 0. The SMILES string of the molecule is O=C(NCc1ccsc1)c1csc2ccccc12. The number of hydrogen-bond donors (Lipinski definition) is 1. The van der Waals surface area contributed by atoms with E-state index in [2.05, 4.69) is 5.32 Å². The molecule has 0 atom stereocenters. The van der Waals surface area contributed by atoms with E-state index in [1.54, 1.807) is 22.7 Å². The van der Waals surface area contributed by atoms with Gasteiger partial charge in [-0.1, -0.05) is 18.2 Å². The van der Waals surface area contributed by atoms with Crippen molar-refractivity contribution in [1.29, 1.82) is 0 Å². The van der Waals surface area contributed by atoms with E-state index in [1.807, 2.05) is 46.5 Å². The molecule has 0 spiro atoms. The smallest absolute Gasteiger partial charge is 0.253 e. The summed E-state index contributed by atoms with van der Waals surface area (Å²) in [5.41, 5.74) is 1.92. The van der Waals surface area contributed by atoms with Gasteiger partial charge >= 0.3 is 0 Å². The lowest BCUT2D eigenvalue weighted by molar-refractivity contribution is 0.0953. The molecule has 1 aromatic carbocycles. The molecule has 0 radical (unpaired) electrons. The van der Waals surface area contributed by atoms with Gasteiger partial charge in [0.05, 0.1) is 5.56 Å². The van der Waals surface area contributed by atoms with Gasteiger partial charge in [0.1, 0.15) is 0 Å². The first-order valence-electron chi connectivity index (χ1n) is 5.60. The molecule has 4 heteroatoms. The Morgan fingerprint density at radius 3 is 2.89 bits per heavy atom. The topological polar surface area (TPSA) is 29.1 Å². The number of rotatable bonds is 3. The molecular weight excluding hydrogens is 262 g/mol. The Labute approximate surface area is 113 Å². The Hall–Kier alpha value is -1.65. The average molecular weight is 273 g/mol. The number of benzene rings is 1. The first kappa shape index (κ1) is 11.4. The lowest BCUT2D eigenvalue weighted by atomic mass is 10.1. The number of carbonyl (C=O) groups excluding carboxylic acids is 1. The van der Waals surface area contributed by atoms with Gasteiger partial charge in [0.15, 0.2) is 0 Å². The van der Waals surface area contributed by atoms with Crippen molar-refractivity contribution >= 4 is 38.7 Å². The molecule has 1 N–H and O–H groups in total. The Morgan fingerprint density at radius 2 is 2.06 bits per heavy atom. The number of amides is 1. The molecule has 3 aromatic rings. The van der Waals surface area contributed by atoms with Crippen molar-refractivity contribution in [2.75, 3.05) is 0 Å². The van der Waals surface area contributed by atoms with Gasteiger partial charge in [-0.25, -0.2) is 0 Å². The van der Waals surface area contributed by atoms with Crippen LogP contribution in [-0.2, 0) is 6.54 Å². The van der Waals surface area contributed by atoms with E-state index in [0.717, 1.165) is 21.2 Å². The monoisotopic (exact) mass is 273 g/mol. The third kappa shape index (κ3) is 2.17. The van der Waals surface area contributed by atoms with Crippen molar-refractivity contribution in [1.82, 2.24) is 5.32 Å². The highest BCUT2D eigenvalue weighted by Gasteiger charge is 2.11. The van der Waals surface area contributed by atoms with E-state index in [9.17, 15) is 4.79 Å². The molecule has 0 bridgehead atoms. The second-order valence-electron chi connectivity index (χ2n) is 3.96. The molecule has 0 unspecified atom stereocenters. The molecule has 18 heavy (non-hydrogen) atoms. The Balaban J connectivity index is 1.80. The first-order chi connectivity index (χ1) is 8.84. The van der Waals surface area contributed by atoms with Crippen LogP contribution in [0.4, 0.5) is 0 Å². The van der Waals surface area contributed by atoms with Crippen LogP contribution in [0.15, 0.2) is 46.5 Å².